The van der Waals surface area contributed by atoms with Crippen molar-refractivity contribution in [2.45, 2.75) is 31.9 Å². The maximum Gasteiger partial charge on any atom is 0.124 e. The summed E-state index contributed by atoms with van der Waals surface area (Å²) in [4.78, 5) is 0. The van der Waals surface area contributed by atoms with Crippen LogP contribution in [0.4, 0.5) is 0 Å². The number of hydrogen-bond donors (Lipinski definition) is 2. The average molecular weight is 285 g/mol. The molecule has 2 aromatic carbocycles. The number of rotatable bonds is 6. The summed E-state index contributed by atoms with van der Waals surface area (Å²) in [5, 5.41) is 10.6. The minimum Gasteiger partial charge on any atom is -0.490 e. The van der Waals surface area contributed by atoms with Crippen LogP contribution in [0.1, 0.15) is 37.4 Å². The van der Waals surface area contributed by atoms with Crippen molar-refractivity contribution in [2.75, 3.05) is 6.61 Å². The van der Waals surface area contributed by atoms with Gasteiger partial charge in [-0.2, -0.15) is 0 Å². The third-order valence-electron chi connectivity index (χ3n) is 3.66. The van der Waals surface area contributed by atoms with E-state index in [0.717, 1.165) is 23.3 Å². The number of aliphatic hydroxyl groups is 1. The highest BCUT2D eigenvalue weighted by atomic mass is 16.5. The van der Waals surface area contributed by atoms with E-state index >= 15 is 0 Å². The lowest BCUT2D eigenvalue weighted by molar-refractivity contribution is 0.00719. The summed E-state index contributed by atoms with van der Waals surface area (Å²) in [6.45, 7) is 3.98. The summed E-state index contributed by atoms with van der Waals surface area (Å²) >= 11 is 0. The van der Waals surface area contributed by atoms with Gasteiger partial charge in [0.1, 0.15) is 18.0 Å². The smallest absolute Gasteiger partial charge is 0.124 e. The molecule has 2 unspecified atom stereocenters. The van der Waals surface area contributed by atoms with Crippen LogP contribution in [0.25, 0.3) is 0 Å². The van der Waals surface area contributed by atoms with Gasteiger partial charge in [0.05, 0.1) is 0 Å². The Morgan fingerprint density at radius 1 is 1.10 bits per heavy atom. The van der Waals surface area contributed by atoms with E-state index in [1.807, 2.05) is 61.5 Å². The van der Waals surface area contributed by atoms with Crippen molar-refractivity contribution in [3.63, 3.8) is 0 Å². The second-order valence-corrected chi connectivity index (χ2v) is 5.48. The maximum absolute atomic E-state index is 10.6. The van der Waals surface area contributed by atoms with Gasteiger partial charge in [0, 0.05) is 11.6 Å². The van der Waals surface area contributed by atoms with Crippen molar-refractivity contribution in [1.29, 1.82) is 0 Å². The third kappa shape index (κ3) is 3.84. The number of hydrogen-bond acceptors (Lipinski definition) is 3. The average Bonchev–Trinajstić information content (AvgIpc) is 2.53. The van der Waals surface area contributed by atoms with E-state index < -0.39 is 5.60 Å². The molecule has 0 aliphatic rings. The summed E-state index contributed by atoms with van der Waals surface area (Å²) in [5.41, 5.74) is 6.88. The van der Waals surface area contributed by atoms with Crippen molar-refractivity contribution >= 4 is 0 Å². The zero-order chi connectivity index (χ0) is 15.3. The molecule has 0 radical (unpaired) electrons. The highest BCUT2D eigenvalue weighted by Crippen LogP contribution is 2.28. The first-order chi connectivity index (χ1) is 10.0. The van der Waals surface area contributed by atoms with Crippen molar-refractivity contribution in [3.05, 3.63) is 65.7 Å². The van der Waals surface area contributed by atoms with Crippen molar-refractivity contribution in [1.82, 2.24) is 0 Å². The van der Waals surface area contributed by atoms with Gasteiger partial charge in [0.2, 0.25) is 0 Å². The van der Waals surface area contributed by atoms with Crippen molar-refractivity contribution in [2.24, 2.45) is 5.73 Å². The molecule has 0 heterocycles. The molecule has 0 saturated heterocycles. The molecule has 0 aromatic heterocycles. The molecule has 2 atom stereocenters. The molecule has 0 saturated carbocycles. The first-order valence-electron chi connectivity index (χ1n) is 7.30. The van der Waals surface area contributed by atoms with Crippen LogP contribution < -0.4 is 10.5 Å². The van der Waals surface area contributed by atoms with Crippen LogP contribution in [0.2, 0.25) is 0 Å². The van der Waals surface area contributed by atoms with E-state index in [-0.39, 0.29) is 12.6 Å². The van der Waals surface area contributed by atoms with Crippen LogP contribution in [0, 0.1) is 0 Å². The highest BCUT2D eigenvalue weighted by Gasteiger charge is 2.24. The first kappa shape index (κ1) is 15.5. The van der Waals surface area contributed by atoms with Gasteiger partial charge in [0.25, 0.3) is 0 Å². The molecule has 2 aromatic rings. The van der Waals surface area contributed by atoms with Gasteiger partial charge < -0.3 is 15.6 Å². The van der Waals surface area contributed by atoms with Crippen LogP contribution in [-0.2, 0) is 5.60 Å². The maximum atomic E-state index is 10.6. The van der Waals surface area contributed by atoms with Crippen LogP contribution in [0.15, 0.2) is 54.6 Å². The lowest BCUT2D eigenvalue weighted by Crippen LogP contribution is -2.29. The fraction of sp³-hybridized carbons (Fsp3) is 0.333. The quantitative estimate of drug-likeness (QED) is 0.855. The molecule has 3 N–H and O–H groups in total. The molecular weight excluding hydrogens is 262 g/mol. The van der Waals surface area contributed by atoms with Gasteiger partial charge in [-0.1, -0.05) is 55.5 Å². The predicted molar refractivity (Wildman–Crippen MR) is 85.2 cm³/mol. The van der Waals surface area contributed by atoms with E-state index in [9.17, 15) is 5.11 Å². The summed E-state index contributed by atoms with van der Waals surface area (Å²) in [6.07, 6.45) is 0.843. The number of para-hydroxylation sites is 1. The molecule has 0 fully saturated rings. The van der Waals surface area contributed by atoms with Crippen LogP contribution in [0.5, 0.6) is 5.75 Å². The van der Waals surface area contributed by atoms with E-state index in [0.29, 0.717) is 0 Å². The SMILES string of the molecule is CCC(N)c1ccccc1OCC(C)(O)c1ccccc1. The Balaban J connectivity index is 2.13. The standard InChI is InChI=1S/C18H23NO2/c1-3-16(19)15-11-7-8-12-17(15)21-13-18(2,20)14-9-5-4-6-10-14/h4-12,16,20H,3,13,19H2,1-2H3. The lowest BCUT2D eigenvalue weighted by atomic mass is 9.97. The Morgan fingerprint density at radius 3 is 2.38 bits per heavy atom. The Morgan fingerprint density at radius 2 is 1.71 bits per heavy atom. The van der Waals surface area contributed by atoms with Gasteiger partial charge >= 0.3 is 0 Å². The molecule has 112 valence electrons. The van der Waals surface area contributed by atoms with Gasteiger partial charge in [-0.25, -0.2) is 0 Å². The summed E-state index contributed by atoms with van der Waals surface area (Å²) in [6, 6.07) is 17.2. The van der Waals surface area contributed by atoms with Gasteiger partial charge in [-0.15, -0.1) is 0 Å². The zero-order valence-electron chi connectivity index (χ0n) is 12.6. The van der Waals surface area contributed by atoms with E-state index in [2.05, 4.69) is 0 Å². The Labute approximate surface area is 126 Å². The number of benzene rings is 2. The topological polar surface area (TPSA) is 55.5 Å². The van der Waals surface area contributed by atoms with Crippen LogP contribution >= 0.6 is 0 Å². The van der Waals surface area contributed by atoms with Crippen LogP contribution in [-0.4, -0.2) is 11.7 Å². The molecule has 3 heteroatoms. The second kappa shape index (κ2) is 6.74. The summed E-state index contributed by atoms with van der Waals surface area (Å²) < 4.78 is 5.85. The minimum absolute atomic E-state index is 0.0529. The highest BCUT2D eigenvalue weighted by molar-refractivity contribution is 5.36. The Kier molecular flexibility index (Phi) is 4.99. The Bertz CT molecular complexity index is 566. The van der Waals surface area contributed by atoms with E-state index in [4.69, 9.17) is 10.5 Å². The van der Waals surface area contributed by atoms with Crippen molar-refractivity contribution in [3.8, 4) is 5.75 Å². The lowest BCUT2D eigenvalue weighted by Gasteiger charge is -2.25. The zero-order valence-corrected chi connectivity index (χ0v) is 12.6. The molecule has 0 amide bonds. The molecule has 2 rings (SSSR count). The fourth-order valence-corrected chi connectivity index (χ4v) is 2.24. The molecule has 0 bridgehead atoms. The van der Waals surface area contributed by atoms with E-state index in [1.54, 1.807) is 6.92 Å². The van der Waals surface area contributed by atoms with Gasteiger partial charge in [-0.3, -0.25) is 0 Å². The monoisotopic (exact) mass is 285 g/mol. The molecule has 21 heavy (non-hydrogen) atoms. The normalized spacial score (nSPS) is 15.2. The van der Waals surface area contributed by atoms with Crippen LogP contribution in [0.3, 0.4) is 0 Å². The number of nitrogens with two attached hydrogens (primary N) is 1. The predicted octanol–water partition coefficient (Wildman–Crippen LogP) is 3.38. The van der Waals surface area contributed by atoms with E-state index in [1.165, 1.54) is 0 Å². The third-order valence-corrected chi connectivity index (χ3v) is 3.66. The second-order valence-electron chi connectivity index (χ2n) is 5.48. The van der Waals surface area contributed by atoms with Crippen molar-refractivity contribution < 1.29 is 9.84 Å². The molecule has 0 spiro atoms. The molecule has 0 aliphatic heterocycles. The Hall–Kier alpha value is -1.84. The summed E-state index contributed by atoms with van der Waals surface area (Å²) in [5.74, 6) is 0.739. The molecular formula is C18H23NO2. The van der Waals surface area contributed by atoms with Gasteiger partial charge in [0.15, 0.2) is 0 Å². The minimum atomic E-state index is -1.04. The molecule has 0 aliphatic carbocycles. The fourth-order valence-electron chi connectivity index (χ4n) is 2.24. The van der Waals surface area contributed by atoms with Gasteiger partial charge in [-0.05, 0) is 25.0 Å². The molecule has 3 nitrogen and oxygen atoms in total. The summed E-state index contributed by atoms with van der Waals surface area (Å²) in [7, 11) is 0. The number of ether oxygens (including phenoxy) is 1. The largest absolute Gasteiger partial charge is 0.490 e. The first-order valence-corrected chi connectivity index (χ1v) is 7.30.